The van der Waals surface area contributed by atoms with E-state index in [0.717, 1.165) is 0 Å². The van der Waals surface area contributed by atoms with Crippen LogP contribution in [0.2, 0.25) is 0 Å². The molecule has 104 valence electrons. The summed E-state index contributed by atoms with van der Waals surface area (Å²) in [5, 5.41) is 13.4. The topological polar surface area (TPSA) is 81.5 Å². The van der Waals surface area contributed by atoms with Crippen molar-refractivity contribution in [3.63, 3.8) is 0 Å². The molecule has 7 heteroatoms. The first-order valence-electron chi connectivity index (χ1n) is 5.66. The summed E-state index contributed by atoms with van der Waals surface area (Å²) < 4.78 is 5.49. The largest absolute Gasteiger partial charge is 0.384 e. The van der Waals surface area contributed by atoms with Gasteiger partial charge in [-0.15, -0.1) is 0 Å². The van der Waals surface area contributed by atoms with Gasteiger partial charge >= 0.3 is 0 Å². The lowest BCUT2D eigenvalue weighted by Gasteiger charge is -2.12. The van der Waals surface area contributed by atoms with Crippen LogP contribution < -0.4 is 5.32 Å². The SMILES string of the molecule is COCC(C)CNC(=O)c1cc([N+](=O)[O-])ccc1Br. The molecule has 1 amide bonds. The maximum Gasteiger partial charge on any atom is 0.270 e. The second-order valence-corrected chi connectivity index (χ2v) is 5.05. The normalized spacial score (nSPS) is 11.9. The van der Waals surface area contributed by atoms with Gasteiger partial charge in [-0.3, -0.25) is 14.9 Å². The Labute approximate surface area is 119 Å². The van der Waals surface area contributed by atoms with Gasteiger partial charge in [-0.05, 0) is 27.9 Å². The number of hydrogen-bond donors (Lipinski definition) is 1. The Morgan fingerprint density at radius 1 is 1.58 bits per heavy atom. The first kappa shape index (κ1) is 15.6. The van der Waals surface area contributed by atoms with E-state index in [9.17, 15) is 14.9 Å². The van der Waals surface area contributed by atoms with Gasteiger partial charge in [-0.2, -0.15) is 0 Å². The van der Waals surface area contributed by atoms with Crippen LogP contribution >= 0.6 is 15.9 Å². The lowest BCUT2D eigenvalue weighted by Crippen LogP contribution is -2.30. The fourth-order valence-electron chi connectivity index (χ4n) is 1.51. The van der Waals surface area contributed by atoms with Gasteiger partial charge < -0.3 is 10.1 Å². The number of nitro benzene ring substituents is 1. The molecule has 0 saturated heterocycles. The van der Waals surface area contributed by atoms with Crippen molar-refractivity contribution in [2.45, 2.75) is 6.92 Å². The van der Waals surface area contributed by atoms with E-state index in [0.29, 0.717) is 17.6 Å². The van der Waals surface area contributed by atoms with Gasteiger partial charge in [0, 0.05) is 30.3 Å². The summed E-state index contributed by atoms with van der Waals surface area (Å²) in [5.74, 6) is -0.176. The van der Waals surface area contributed by atoms with Crippen molar-refractivity contribution in [3.8, 4) is 0 Å². The molecule has 0 spiro atoms. The van der Waals surface area contributed by atoms with Gasteiger partial charge in [-0.1, -0.05) is 6.92 Å². The minimum Gasteiger partial charge on any atom is -0.384 e. The zero-order valence-corrected chi connectivity index (χ0v) is 12.3. The van der Waals surface area contributed by atoms with Crippen LogP contribution in [0.4, 0.5) is 5.69 Å². The Bertz CT molecular complexity index is 479. The van der Waals surface area contributed by atoms with Gasteiger partial charge in [0.25, 0.3) is 11.6 Å². The number of halogens is 1. The summed E-state index contributed by atoms with van der Waals surface area (Å²) in [4.78, 5) is 22.1. The molecule has 0 aliphatic rings. The quantitative estimate of drug-likeness (QED) is 0.641. The van der Waals surface area contributed by atoms with Crippen molar-refractivity contribution in [2.24, 2.45) is 5.92 Å². The Kier molecular flexibility index (Phi) is 5.91. The first-order chi connectivity index (χ1) is 8.95. The van der Waals surface area contributed by atoms with E-state index in [1.807, 2.05) is 6.92 Å². The third kappa shape index (κ3) is 4.60. The van der Waals surface area contributed by atoms with Crippen LogP contribution in [0.3, 0.4) is 0 Å². The van der Waals surface area contributed by atoms with Crippen LogP contribution in [0.1, 0.15) is 17.3 Å². The summed E-state index contributed by atoms with van der Waals surface area (Å²) in [6, 6.07) is 4.08. The third-order valence-electron chi connectivity index (χ3n) is 2.47. The molecule has 0 aliphatic carbocycles. The highest BCUT2D eigenvalue weighted by molar-refractivity contribution is 9.10. The zero-order valence-electron chi connectivity index (χ0n) is 10.7. The number of nitro groups is 1. The first-order valence-corrected chi connectivity index (χ1v) is 6.46. The number of nitrogens with one attached hydrogen (secondary N) is 1. The van der Waals surface area contributed by atoms with Gasteiger partial charge in [-0.25, -0.2) is 0 Å². The fourth-order valence-corrected chi connectivity index (χ4v) is 1.93. The van der Waals surface area contributed by atoms with E-state index in [1.165, 1.54) is 18.2 Å². The van der Waals surface area contributed by atoms with Crippen molar-refractivity contribution < 1.29 is 14.5 Å². The Hall–Kier alpha value is -1.47. The number of carbonyl (C=O) groups excluding carboxylic acids is 1. The number of carbonyl (C=O) groups is 1. The number of methoxy groups -OCH3 is 1. The second-order valence-electron chi connectivity index (χ2n) is 4.19. The van der Waals surface area contributed by atoms with E-state index < -0.39 is 4.92 Å². The Morgan fingerprint density at radius 3 is 2.84 bits per heavy atom. The lowest BCUT2D eigenvalue weighted by atomic mass is 10.1. The molecule has 0 bridgehead atoms. The van der Waals surface area contributed by atoms with Crippen molar-refractivity contribution in [1.82, 2.24) is 5.32 Å². The van der Waals surface area contributed by atoms with Gasteiger partial charge in [0.15, 0.2) is 0 Å². The maximum absolute atomic E-state index is 11.9. The van der Waals surface area contributed by atoms with Gasteiger partial charge in [0.05, 0.1) is 17.1 Å². The second kappa shape index (κ2) is 7.20. The molecule has 0 fully saturated rings. The van der Waals surface area contributed by atoms with Gasteiger partial charge in [0.1, 0.15) is 0 Å². The summed E-state index contributed by atoms with van der Waals surface area (Å²) in [5.41, 5.74) is 0.136. The molecule has 0 aliphatic heterocycles. The van der Waals surface area contributed by atoms with Crippen molar-refractivity contribution in [3.05, 3.63) is 38.3 Å². The third-order valence-corrected chi connectivity index (χ3v) is 3.16. The number of amides is 1. The number of ether oxygens (including phenoxy) is 1. The predicted octanol–water partition coefficient (Wildman–Crippen LogP) is 2.37. The number of rotatable bonds is 6. The molecule has 1 aromatic rings. The Morgan fingerprint density at radius 2 is 2.26 bits per heavy atom. The fraction of sp³-hybridized carbons (Fsp3) is 0.417. The van der Waals surface area contributed by atoms with Crippen LogP contribution in [0.5, 0.6) is 0 Å². The standard InChI is InChI=1S/C12H15BrN2O4/c1-8(7-19-2)6-14-12(16)10-5-9(15(17)18)3-4-11(10)13/h3-5,8H,6-7H2,1-2H3,(H,14,16). The zero-order chi connectivity index (χ0) is 14.4. The summed E-state index contributed by atoms with van der Waals surface area (Å²) >= 11 is 3.21. The molecule has 0 saturated carbocycles. The lowest BCUT2D eigenvalue weighted by molar-refractivity contribution is -0.384. The highest BCUT2D eigenvalue weighted by Gasteiger charge is 2.15. The number of hydrogen-bond acceptors (Lipinski definition) is 4. The minimum atomic E-state index is -0.531. The molecule has 0 radical (unpaired) electrons. The van der Waals surface area contributed by atoms with Crippen molar-refractivity contribution >= 4 is 27.5 Å². The van der Waals surface area contributed by atoms with Crippen LogP contribution in [-0.4, -0.2) is 31.1 Å². The monoisotopic (exact) mass is 330 g/mol. The molecule has 0 aromatic heterocycles. The predicted molar refractivity (Wildman–Crippen MR) is 74.2 cm³/mol. The minimum absolute atomic E-state index is 0.113. The van der Waals surface area contributed by atoms with E-state index in [2.05, 4.69) is 21.2 Å². The van der Waals surface area contributed by atoms with Crippen LogP contribution in [-0.2, 0) is 4.74 Å². The van der Waals surface area contributed by atoms with Crippen LogP contribution in [0.15, 0.2) is 22.7 Å². The molecule has 1 atom stereocenters. The number of benzene rings is 1. The Balaban J connectivity index is 2.76. The molecule has 1 N–H and O–H groups in total. The van der Waals surface area contributed by atoms with Crippen LogP contribution in [0, 0.1) is 16.0 Å². The average molecular weight is 331 g/mol. The van der Waals surface area contributed by atoms with Crippen molar-refractivity contribution in [1.29, 1.82) is 0 Å². The maximum atomic E-state index is 11.9. The van der Waals surface area contributed by atoms with E-state index in [4.69, 9.17) is 4.74 Å². The summed E-state index contributed by atoms with van der Waals surface area (Å²) in [7, 11) is 1.59. The molecule has 1 unspecified atom stereocenters. The summed E-state index contributed by atoms with van der Waals surface area (Å²) in [6.45, 7) is 2.92. The number of non-ortho nitro benzene ring substituents is 1. The van der Waals surface area contributed by atoms with E-state index in [-0.39, 0.29) is 23.1 Å². The van der Waals surface area contributed by atoms with Crippen molar-refractivity contribution in [2.75, 3.05) is 20.3 Å². The average Bonchev–Trinajstić information content (AvgIpc) is 2.36. The van der Waals surface area contributed by atoms with E-state index in [1.54, 1.807) is 7.11 Å². The molecule has 1 rings (SSSR count). The smallest absolute Gasteiger partial charge is 0.270 e. The molecular weight excluding hydrogens is 316 g/mol. The number of nitrogens with zero attached hydrogens (tertiary/aromatic N) is 1. The highest BCUT2D eigenvalue weighted by Crippen LogP contribution is 2.22. The highest BCUT2D eigenvalue weighted by atomic mass is 79.9. The van der Waals surface area contributed by atoms with Crippen LogP contribution in [0.25, 0.3) is 0 Å². The molecule has 1 aromatic carbocycles. The molecular formula is C12H15BrN2O4. The summed E-state index contributed by atoms with van der Waals surface area (Å²) in [6.07, 6.45) is 0. The molecule has 0 heterocycles. The van der Waals surface area contributed by atoms with Gasteiger partial charge in [0.2, 0.25) is 0 Å². The van der Waals surface area contributed by atoms with E-state index >= 15 is 0 Å². The molecule has 19 heavy (non-hydrogen) atoms. The molecule has 6 nitrogen and oxygen atoms in total.